The molecule has 0 radical (unpaired) electrons. The molecular weight excluding hydrogens is 458 g/mol. The van der Waals surface area contributed by atoms with Crippen molar-refractivity contribution < 1.29 is 4.57 Å². The van der Waals surface area contributed by atoms with Gasteiger partial charge in [0.1, 0.15) is 0 Å². The van der Waals surface area contributed by atoms with Crippen molar-refractivity contribution in [2.24, 2.45) is 0 Å². The van der Waals surface area contributed by atoms with Crippen molar-refractivity contribution in [3.05, 3.63) is 90.1 Å². The van der Waals surface area contributed by atoms with E-state index in [9.17, 15) is 0 Å². The molecule has 6 aromatic rings. The highest BCUT2D eigenvalue weighted by Crippen LogP contribution is 2.45. The van der Waals surface area contributed by atoms with Crippen molar-refractivity contribution in [1.29, 1.82) is 0 Å². The molecule has 1 heterocycles. The van der Waals surface area contributed by atoms with Crippen LogP contribution in [0.2, 0.25) is 0 Å². The topological polar surface area (TPSA) is 3.88 Å². The Balaban J connectivity index is 1.82. The van der Waals surface area contributed by atoms with Gasteiger partial charge in [-0.25, -0.2) is 0 Å². The molecule has 6 rings (SSSR count). The van der Waals surface area contributed by atoms with Crippen molar-refractivity contribution in [3.8, 4) is 11.3 Å². The number of fused-ring (bicyclic) bond motifs is 1. The molecule has 0 aliphatic rings. The number of nitrogens with zero attached hydrogens (tertiary/aromatic N) is 1. The molecule has 1 heteroatoms. The van der Waals surface area contributed by atoms with Crippen molar-refractivity contribution in [2.75, 3.05) is 0 Å². The van der Waals surface area contributed by atoms with E-state index in [1.165, 1.54) is 65.5 Å². The second kappa shape index (κ2) is 8.03. The predicted molar refractivity (Wildman–Crippen MR) is 166 cm³/mol. The maximum Gasteiger partial charge on any atom is 0.214 e. The van der Waals surface area contributed by atoms with E-state index >= 15 is 0 Å². The van der Waals surface area contributed by atoms with Gasteiger partial charge < -0.3 is 0 Å². The number of rotatable bonds is 1. The molecule has 0 spiro atoms. The van der Waals surface area contributed by atoms with Crippen LogP contribution < -0.4 is 4.57 Å². The van der Waals surface area contributed by atoms with E-state index in [-0.39, 0.29) is 16.4 Å². The lowest BCUT2D eigenvalue weighted by molar-refractivity contribution is -0.743. The van der Waals surface area contributed by atoms with Gasteiger partial charge in [-0.05, 0) is 71.8 Å². The lowest BCUT2D eigenvalue weighted by atomic mass is 9.77. The number of pyridine rings is 1. The summed E-state index contributed by atoms with van der Waals surface area (Å²) in [7, 11) is 0. The molecule has 0 N–H and O–H groups in total. The second-order valence-corrected chi connectivity index (χ2v) is 14.2. The molecule has 0 amide bonds. The van der Waals surface area contributed by atoms with Gasteiger partial charge in [0, 0.05) is 32.2 Å². The maximum absolute atomic E-state index is 2.49. The molecule has 192 valence electrons. The standard InChI is InChI=1S/C37H40N/c1-35(2,3)28-18-24-14-15-26-20-30(36(4,5)6)34(29-17-16-25(19-28)32(24)33(26)29)31-21-23-12-10-11-13-27(23)22-38(31)37(7,8)9/h10-22H,1-9H3/q+1. The molecule has 0 bridgehead atoms. The van der Waals surface area contributed by atoms with Gasteiger partial charge in [0.25, 0.3) is 0 Å². The van der Waals surface area contributed by atoms with Gasteiger partial charge in [0.15, 0.2) is 11.7 Å². The average Bonchev–Trinajstić information content (AvgIpc) is 2.84. The third kappa shape index (κ3) is 3.87. The number of benzene rings is 5. The first-order valence-corrected chi connectivity index (χ1v) is 14.0. The van der Waals surface area contributed by atoms with Crippen molar-refractivity contribution in [2.45, 2.75) is 78.7 Å². The monoisotopic (exact) mass is 498 g/mol. The minimum Gasteiger partial charge on any atom is -0.193 e. The Kier molecular flexibility index (Phi) is 5.25. The first-order valence-electron chi connectivity index (χ1n) is 14.0. The quantitative estimate of drug-likeness (QED) is 0.157. The van der Waals surface area contributed by atoms with Crippen LogP contribution in [0.15, 0.2) is 79.0 Å². The van der Waals surface area contributed by atoms with E-state index in [0.717, 1.165) is 0 Å². The first-order chi connectivity index (χ1) is 17.7. The summed E-state index contributed by atoms with van der Waals surface area (Å²) in [4.78, 5) is 0. The molecule has 0 atom stereocenters. The molecule has 38 heavy (non-hydrogen) atoms. The van der Waals surface area contributed by atoms with Crippen LogP contribution in [0.25, 0.3) is 54.3 Å². The Hall–Kier alpha value is -3.45. The highest BCUT2D eigenvalue weighted by molar-refractivity contribution is 6.26. The molecule has 0 fully saturated rings. The number of hydrogen-bond donors (Lipinski definition) is 0. The van der Waals surface area contributed by atoms with Gasteiger partial charge in [-0.1, -0.05) is 96.1 Å². The zero-order valence-corrected chi connectivity index (χ0v) is 24.5. The second-order valence-electron chi connectivity index (χ2n) is 14.2. The third-order valence-electron chi connectivity index (χ3n) is 8.19. The fourth-order valence-electron chi connectivity index (χ4n) is 6.13. The van der Waals surface area contributed by atoms with Crippen LogP contribution >= 0.6 is 0 Å². The smallest absolute Gasteiger partial charge is 0.193 e. The van der Waals surface area contributed by atoms with Crippen LogP contribution in [0, 0.1) is 0 Å². The van der Waals surface area contributed by atoms with Crippen molar-refractivity contribution >= 4 is 43.1 Å². The first kappa shape index (κ1) is 24.9. The van der Waals surface area contributed by atoms with Crippen molar-refractivity contribution in [1.82, 2.24) is 0 Å². The van der Waals surface area contributed by atoms with Crippen LogP contribution in [-0.4, -0.2) is 0 Å². The summed E-state index contributed by atoms with van der Waals surface area (Å²) in [5.41, 5.74) is 5.46. The van der Waals surface area contributed by atoms with Gasteiger partial charge >= 0.3 is 0 Å². The van der Waals surface area contributed by atoms with Gasteiger partial charge in [0.2, 0.25) is 5.69 Å². The third-order valence-corrected chi connectivity index (χ3v) is 8.19. The van der Waals surface area contributed by atoms with Gasteiger partial charge in [0.05, 0.1) is 5.56 Å². The Bertz CT molecular complexity index is 1830. The minimum atomic E-state index is -0.0693. The van der Waals surface area contributed by atoms with Gasteiger partial charge in [-0.2, -0.15) is 4.57 Å². The molecule has 0 aliphatic carbocycles. The van der Waals surface area contributed by atoms with Crippen LogP contribution in [-0.2, 0) is 16.4 Å². The van der Waals surface area contributed by atoms with Crippen molar-refractivity contribution in [3.63, 3.8) is 0 Å². The lowest BCUT2D eigenvalue weighted by Crippen LogP contribution is -2.51. The summed E-state index contributed by atoms with van der Waals surface area (Å²) in [6.07, 6.45) is 2.35. The molecule has 0 unspecified atom stereocenters. The van der Waals surface area contributed by atoms with Gasteiger partial charge in [-0.15, -0.1) is 0 Å². The van der Waals surface area contributed by atoms with E-state index in [4.69, 9.17) is 0 Å². The summed E-state index contributed by atoms with van der Waals surface area (Å²) in [6.45, 7) is 20.9. The number of hydrogen-bond acceptors (Lipinski definition) is 0. The molecule has 1 aromatic heterocycles. The van der Waals surface area contributed by atoms with Crippen LogP contribution in [0.1, 0.15) is 73.4 Å². The van der Waals surface area contributed by atoms with Crippen LogP contribution in [0.4, 0.5) is 0 Å². The van der Waals surface area contributed by atoms with Crippen LogP contribution in [0.5, 0.6) is 0 Å². The van der Waals surface area contributed by atoms with E-state index in [1.54, 1.807) is 0 Å². The summed E-state index contributed by atoms with van der Waals surface area (Å²) < 4.78 is 2.49. The normalized spacial score (nSPS) is 13.4. The Morgan fingerprint density at radius 2 is 1.11 bits per heavy atom. The molecule has 0 saturated heterocycles. The van der Waals surface area contributed by atoms with E-state index in [0.29, 0.717) is 0 Å². The SMILES string of the molecule is CC(C)(C)c1cc2ccc3cc(C(C)(C)C)c(-c4cc5ccccc5c[n+]4C(C)(C)C)c4ccc(c1)c2c34. The molecule has 0 aliphatic heterocycles. The maximum atomic E-state index is 2.49. The Morgan fingerprint density at radius 3 is 1.68 bits per heavy atom. The molecule has 5 aromatic carbocycles. The molecular formula is C37H40N+. The van der Waals surface area contributed by atoms with Crippen LogP contribution in [0.3, 0.4) is 0 Å². The minimum absolute atomic E-state index is 0.0133. The largest absolute Gasteiger partial charge is 0.214 e. The van der Waals surface area contributed by atoms with E-state index in [1.807, 2.05) is 0 Å². The number of aromatic nitrogens is 1. The zero-order chi connectivity index (χ0) is 27.2. The summed E-state index contributed by atoms with van der Waals surface area (Å²) in [6, 6.07) is 27.9. The predicted octanol–water partition coefficient (Wildman–Crippen LogP) is 10.0. The molecule has 0 saturated carbocycles. The summed E-state index contributed by atoms with van der Waals surface area (Å²) in [5.74, 6) is 0. The van der Waals surface area contributed by atoms with E-state index < -0.39 is 0 Å². The summed E-state index contributed by atoms with van der Waals surface area (Å²) >= 11 is 0. The molecule has 1 nitrogen and oxygen atoms in total. The zero-order valence-electron chi connectivity index (χ0n) is 24.5. The summed E-state index contributed by atoms with van der Waals surface area (Å²) in [5, 5.41) is 10.7. The fraction of sp³-hybridized carbons (Fsp3) is 0.324. The Morgan fingerprint density at radius 1 is 0.526 bits per heavy atom. The lowest BCUT2D eigenvalue weighted by Gasteiger charge is -2.27. The highest BCUT2D eigenvalue weighted by atomic mass is 15.0. The highest BCUT2D eigenvalue weighted by Gasteiger charge is 2.33. The van der Waals surface area contributed by atoms with Gasteiger partial charge in [-0.3, -0.25) is 0 Å². The average molecular weight is 499 g/mol. The fourth-order valence-corrected chi connectivity index (χ4v) is 6.13. The van der Waals surface area contributed by atoms with E-state index in [2.05, 4.69) is 146 Å². The Labute approximate surface area is 227 Å².